The summed E-state index contributed by atoms with van der Waals surface area (Å²) in [5, 5.41) is 4.09. The van der Waals surface area contributed by atoms with Crippen molar-refractivity contribution >= 4 is 11.0 Å². The fourth-order valence-electron chi connectivity index (χ4n) is 2.86. The van der Waals surface area contributed by atoms with Crippen molar-refractivity contribution in [2.45, 2.75) is 19.9 Å². The van der Waals surface area contributed by atoms with Gasteiger partial charge in [-0.05, 0) is 44.2 Å². The average molecular weight is 334 g/mol. The molecule has 0 unspecified atom stereocenters. The van der Waals surface area contributed by atoms with E-state index in [4.69, 9.17) is 9.26 Å². The molecule has 0 fully saturated rings. The van der Waals surface area contributed by atoms with Crippen LogP contribution in [0, 0.1) is 0 Å². The molecule has 25 heavy (non-hydrogen) atoms. The van der Waals surface area contributed by atoms with Crippen molar-refractivity contribution in [1.29, 1.82) is 0 Å². The van der Waals surface area contributed by atoms with E-state index in [1.165, 1.54) is 0 Å². The Hall–Kier alpha value is -3.15. The number of aromatic nitrogens is 4. The van der Waals surface area contributed by atoms with E-state index in [-0.39, 0.29) is 0 Å². The zero-order valence-electron chi connectivity index (χ0n) is 14.3. The highest BCUT2D eigenvalue weighted by Crippen LogP contribution is 2.30. The molecule has 0 aliphatic carbocycles. The van der Waals surface area contributed by atoms with Gasteiger partial charge in [0.05, 0.1) is 30.0 Å². The van der Waals surface area contributed by atoms with Crippen LogP contribution in [-0.4, -0.2) is 26.8 Å². The third kappa shape index (κ3) is 2.65. The molecule has 0 amide bonds. The number of nitrogens with zero attached hydrogens (tertiary/aromatic N) is 4. The van der Waals surface area contributed by atoms with Gasteiger partial charge in [-0.1, -0.05) is 17.3 Å². The number of hydrogen-bond acceptors (Lipinski definition) is 5. The molecule has 0 spiro atoms. The van der Waals surface area contributed by atoms with Crippen LogP contribution in [0.25, 0.3) is 33.9 Å². The molecule has 2 aromatic heterocycles. The summed E-state index contributed by atoms with van der Waals surface area (Å²) < 4.78 is 13.0. The third-order valence-corrected chi connectivity index (χ3v) is 4.15. The maximum atomic E-state index is 5.46. The molecular formula is C19H18N4O2. The summed E-state index contributed by atoms with van der Waals surface area (Å²) in [7, 11) is 1.62. The van der Waals surface area contributed by atoms with Gasteiger partial charge < -0.3 is 13.8 Å². The van der Waals surface area contributed by atoms with E-state index < -0.39 is 0 Å². The van der Waals surface area contributed by atoms with E-state index >= 15 is 0 Å². The Morgan fingerprint density at radius 2 is 1.96 bits per heavy atom. The van der Waals surface area contributed by atoms with Gasteiger partial charge in [0.1, 0.15) is 5.75 Å². The van der Waals surface area contributed by atoms with E-state index in [0.717, 1.165) is 22.2 Å². The lowest BCUT2D eigenvalue weighted by Crippen LogP contribution is -1.97. The number of methoxy groups -OCH3 is 1. The summed E-state index contributed by atoms with van der Waals surface area (Å²) in [5.74, 6) is 1.67. The number of ether oxygens (including phenoxy) is 1. The maximum absolute atomic E-state index is 5.46. The van der Waals surface area contributed by atoms with Gasteiger partial charge in [-0.25, -0.2) is 4.98 Å². The maximum Gasteiger partial charge on any atom is 0.258 e. The highest BCUT2D eigenvalue weighted by Gasteiger charge is 2.15. The number of fused-ring (bicyclic) bond motifs is 1. The van der Waals surface area contributed by atoms with Crippen LogP contribution in [0.5, 0.6) is 5.75 Å². The van der Waals surface area contributed by atoms with Crippen molar-refractivity contribution in [3.05, 3.63) is 48.8 Å². The summed E-state index contributed by atoms with van der Waals surface area (Å²) in [6.45, 7) is 4.26. The molecule has 2 heterocycles. The van der Waals surface area contributed by atoms with E-state index in [9.17, 15) is 0 Å². The number of rotatable bonds is 4. The summed E-state index contributed by atoms with van der Waals surface area (Å²) in [6, 6.07) is 13.9. The van der Waals surface area contributed by atoms with Crippen LogP contribution in [0.2, 0.25) is 0 Å². The van der Waals surface area contributed by atoms with E-state index in [1.807, 2.05) is 48.8 Å². The summed E-state index contributed by atoms with van der Waals surface area (Å²) in [5.41, 5.74) is 3.63. The second kappa shape index (κ2) is 6.05. The third-order valence-electron chi connectivity index (χ3n) is 4.15. The molecule has 0 radical (unpaired) electrons. The van der Waals surface area contributed by atoms with Crippen molar-refractivity contribution in [3.63, 3.8) is 0 Å². The Kier molecular flexibility index (Phi) is 3.72. The zero-order valence-corrected chi connectivity index (χ0v) is 14.3. The van der Waals surface area contributed by atoms with Crippen LogP contribution in [-0.2, 0) is 0 Å². The second-order valence-corrected chi connectivity index (χ2v) is 6.07. The van der Waals surface area contributed by atoms with Crippen molar-refractivity contribution in [2.75, 3.05) is 7.11 Å². The number of para-hydroxylation sites is 1. The lowest BCUT2D eigenvalue weighted by atomic mass is 10.2. The number of imidazole rings is 1. The first-order valence-corrected chi connectivity index (χ1v) is 8.11. The van der Waals surface area contributed by atoms with Crippen LogP contribution in [0.3, 0.4) is 0 Å². The Morgan fingerprint density at radius 1 is 1.12 bits per heavy atom. The fraction of sp³-hybridized carbons (Fsp3) is 0.211. The summed E-state index contributed by atoms with van der Waals surface area (Å²) in [4.78, 5) is 8.99. The minimum atomic E-state index is 0.358. The van der Waals surface area contributed by atoms with Crippen molar-refractivity contribution in [1.82, 2.24) is 19.7 Å². The van der Waals surface area contributed by atoms with Gasteiger partial charge in [0.2, 0.25) is 5.82 Å². The Labute approximate surface area is 145 Å². The molecular weight excluding hydrogens is 316 g/mol. The molecule has 0 atom stereocenters. The monoisotopic (exact) mass is 334 g/mol. The molecule has 126 valence electrons. The van der Waals surface area contributed by atoms with Crippen LogP contribution in [0.1, 0.15) is 19.9 Å². The van der Waals surface area contributed by atoms with E-state index in [0.29, 0.717) is 23.5 Å². The smallest absolute Gasteiger partial charge is 0.258 e. The highest BCUT2D eigenvalue weighted by atomic mass is 16.5. The molecule has 0 saturated carbocycles. The predicted octanol–water partition coefficient (Wildman–Crippen LogP) is 4.34. The molecule has 0 aliphatic heterocycles. The first kappa shape index (κ1) is 15.4. The van der Waals surface area contributed by atoms with Gasteiger partial charge in [0.15, 0.2) is 0 Å². The lowest BCUT2D eigenvalue weighted by molar-refractivity contribution is 0.413. The van der Waals surface area contributed by atoms with Gasteiger partial charge in [-0.2, -0.15) is 4.98 Å². The van der Waals surface area contributed by atoms with Gasteiger partial charge in [-0.15, -0.1) is 0 Å². The predicted molar refractivity (Wildman–Crippen MR) is 95.4 cm³/mol. The Morgan fingerprint density at radius 3 is 2.76 bits per heavy atom. The van der Waals surface area contributed by atoms with Crippen molar-refractivity contribution < 1.29 is 9.26 Å². The molecule has 4 rings (SSSR count). The SMILES string of the molecule is COc1ccccc1-c1noc(-c2ccc3c(c2)ncn3C(C)C)n1. The second-order valence-electron chi connectivity index (χ2n) is 6.07. The van der Waals surface area contributed by atoms with Gasteiger partial charge in [-0.3, -0.25) is 0 Å². The van der Waals surface area contributed by atoms with Gasteiger partial charge >= 0.3 is 0 Å². The summed E-state index contributed by atoms with van der Waals surface area (Å²) >= 11 is 0. The molecule has 6 heteroatoms. The highest BCUT2D eigenvalue weighted by molar-refractivity contribution is 5.80. The molecule has 0 aliphatic rings. The number of benzene rings is 2. The molecule has 2 aromatic carbocycles. The molecule has 0 saturated heterocycles. The first-order chi connectivity index (χ1) is 12.2. The topological polar surface area (TPSA) is 66.0 Å². The molecule has 6 nitrogen and oxygen atoms in total. The first-order valence-electron chi connectivity index (χ1n) is 8.11. The van der Waals surface area contributed by atoms with E-state index in [1.54, 1.807) is 7.11 Å². The average Bonchev–Trinajstić information content (AvgIpc) is 3.28. The number of hydrogen-bond donors (Lipinski definition) is 0. The zero-order chi connectivity index (χ0) is 17.4. The largest absolute Gasteiger partial charge is 0.496 e. The van der Waals surface area contributed by atoms with Crippen molar-refractivity contribution in [3.8, 4) is 28.6 Å². The van der Waals surface area contributed by atoms with Gasteiger partial charge in [0, 0.05) is 11.6 Å². The molecule has 0 N–H and O–H groups in total. The van der Waals surface area contributed by atoms with Gasteiger partial charge in [0.25, 0.3) is 5.89 Å². The van der Waals surface area contributed by atoms with Crippen molar-refractivity contribution in [2.24, 2.45) is 0 Å². The van der Waals surface area contributed by atoms with Crippen LogP contribution in [0.4, 0.5) is 0 Å². The summed E-state index contributed by atoms with van der Waals surface area (Å²) in [6.07, 6.45) is 1.85. The van der Waals surface area contributed by atoms with E-state index in [2.05, 4.69) is 33.5 Å². The van der Waals surface area contributed by atoms with Crippen LogP contribution < -0.4 is 4.74 Å². The minimum absolute atomic E-state index is 0.358. The van der Waals surface area contributed by atoms with Crippen LogP contribution >= 0.6 is 0 Å². The normalized spacial score (nSPS) is 11.4. The minimum Gasteiger partial charge on any atom is -0.496 e. The lowest BCUT2D eigenvalue weighted by Gasteiger charge is -2.07. The Balaban J connectivity index is 1.74. The fourth-order valence-corrected chi connectivity index (χ4v) is 2.86. The quantitative estimate of drug-likeness (QED) is 0.555. The molecule has 0 bridgehead atoms. The Bertz CT molecular complexity index is 1030. The standard InChI is InChI=1S/C19H18N4O2/c1-12(2)23-11-20-15-10-13(8-9-16(15)23)19-21-18(22-25-19)14-6-4-5-7-17(14)24-3/h4-12H,1-3H3. The molecule has 4 aromatic rings. The van der Waals surface area contributed by atoms with Crippen LogP contribution in [0.15, 0.2) is 53.3 Å².